The summed E-state index contributed by atoms with van der Waals surface area (Å²) in [7, 11) is 0. The lowest BCUT2D eigenvalue weighted by Crippen LogP contribution is -2.68. The number of nitrogens with two attached hydrogens (primary N) is 4. The molecule has 0 aromatic heterocycles. The number of ether oxygens (including phenoxy) is 4. The predicted molar refractivity (Wildman–Crippen MR) is 129 cm³/mol. The highest BCUT2D eigenvalue weighted by atomic mass is 35.5. The maximum atomic E-state index is 12.4. The van der Waals surface area contributed by atoms with Gasteiger partial charge in [0.1, 0.15) is 48.8 Å². The summed E-state index contributed by atoms with van der Waals surface area (Å²) in [6.07, 6.45) is -14.7. The Morgan fingerprint density at radius 3 is 2.18 bits per heavy atom. The molecular weight excluding hydrogens is 534 g/mol. The number of nitrogens with one attached hydrogen (secondary N) is 1. The van der Waals surface area contributed by atoms with E-state index in [0.29, 0.717) is 0 Å². The second-order valence-electron chi connectivity index (χ2n) is 9.80. The van der Waals surface area contributed by atoms with Gasteiger partial charge < -0.3 is 77.8 Å². The van der Waals surface area contributed by atoms with Crippen LogP contribution in [-0.2, 0) is 23.7 Å². The maximum absolute atomic E-state index is 12.4. The highest BCUT2D eigenvalue weighted by Gasteiger charge is 2.52. The van der Waals surface area contributed by atoms with Gasteiger partial charge in [-0.05, 0) is 19.4 Å². The van der Waals surface area contributed by atoms with Crippen LogP contribution in [0.25, 0.3) is 0 Å². The number of rotatable bonds is 10. The van der Waals surface area contributed by atoms with E-state index in [0.717, 1.165) is 0 Å². The number of alkyl halides is 1. The van der Waals surface area contributed by atoms with Gasteiger partial charge >= 0.3 is 0 Å². The first-order chi connectivity index (χ1) is 17.9. The predicted octanol–water partition coefficient (Wildman–Crippen LogP) is -6.54. The van der Waals surface area contributed by atoms with Crippen molar-refractivity contribution in [3.05, 3.63) is 0 Å². The standard InChI is InChI=1S/C21H40ClN5O11/c22-11-12(26)20(35-9(4-24)14(11)31)37-17-6(25)3-7(27-19(34)8(29)1-2-23)13(30)18(17)38-21-16(33)15(32)10(5-28)36-21/h6-18,20-21,28-33H,1-5,23-26H2,(H,27,34)/t6-,7+,8-,9+,10+,11+,12+,13-,14+,15-,16+,17+,18+,20+,21-/m0/s1. The van der Waals surface area contributed by atoms with E-state index in [-0.39, 0.29) is 25.9 Å². The van der Waals surface area contributed by atoms with Crippen LogP contribution in [0.15, 0.2) is 0 Å². The first kappa shape index (κ1) is 31.7. The van der Waals surface area contributed by atoms with Crippen molar-refractivity contribution >= 4 is 17.5 Å². The van der Waals surface area contributed by atoms with Crippen LogP contribution in [-0.4, -0.2) is 147 Å². The van der Waals surface area contributed by atoms with Crippen LogP contribution in [0.3, 0.4) is 0 Å². The summed E-state index contributed by atoms with van der Waals surface area (Å²) in [4.78, 5) is 12.4. The third-order valence-corrected chi connectivity index (χ3v) is 7.65. The smallest absolute Gasteiger partial charge is 0.249 e. The molecule has 1 saturated carbocycles. The number of aliphatic hydroxyl groups excluding tert-OH is 6. The van der Waals surface area contributed by atoms with E-state index in [2.05, 4.69) is 5.32 Å². The van der Waals surface area contributed by atoms with Gasteiger partial charge in [0, 0.05) is 12.6 Å². The molecule has 17 heteroatoms. The largest absolute Gasteiger partial charge is 0.394 e. The van der Waals surface area contributed by atoms with Crippen LogP contribution >= 0.6 is 11.6 Å². The van der Waals surface area contributed by atoms with Crippen molar-refractivity contribution in [2.24, 2.45) is 22.9 Å². The topological polar surface area (TPSA) is 291 Å². The molecule has 0 spiro atoms. The number of hydrogen-bond donors (Lipinski definition) is 11. The molecule has 15 N–H and O–H groups in total. The molecule has 1 aliphatic carbocycles. The summed E-state index contributed by atoms with van der Waals surface area (Å²) in [5, 5.41) is 62.8. The highest BCUT2D eigenvalue weighted by molar-refractivity contribution is 6.21. The Morgan fingerprint density at radius 2 is 1.61 bits per heavy atom. The average Bonchev–Trinajstić information content (AvgIpc) is 3.16. The van der Waals surface area contributed by atoms with Crippen LogP contribution in [0.2, 0.25) is 0 Å². The molecule has 2 aliphatic heterocycles. The SMILES string of the molecule is NCC[C@H](O)C(=O)N[C@@H]1C[C@H](N)[C@@H](O[C@H]2O[C@H](CN)[C@@H](O)[C@H](Cl)[C@H]2N)[C@H](O[C@@H]2O[C@H](CO)[C@H](O)[C@H]2O)[C@H]1O. The fourth-order valence-corrected chi connectivity index (χ4v) is 5.09. The van der Waals surface area contributed by atoms with E-state index in [1.807, 2.05) is 0 Å². The van der Waals surface area contributed by atoms with Crippen molar-refractivity contribution in [3.63, 3.8) is 0 Å². The van der Waals surface area contributed by atoms with E-state index in [1.54, 1.807) is 0 Å². The van der Waals surface area contributed by atoms with Crippen LogP contribution in [0, 0.1) is 0 Å². The lowest BCUT2D eigenvalue weighted by atomic mass is 9.83. The molecule has 3 aliphatic rings. The zero-order valence-corrected chi connectivity index (χ0v) is 21.4. The highest BCUT2D eigenvalue weighted by Crippen LogP contribution is 2.33. The average molecular weight is 574 g/mol. The molecular formula is C21H40ClN5O11. The Hall–Kier alpha value is -0.800. The zero-order chi connectivity index (χ0) is 28.3. The Labute approximate surface area is 224 Å². The molecule has 0 bridgehead atoms. The molecule has 16 nitrogen and oxygen atoms in total. The molecule has 3 fully saturated rings. The molecule has 0 aromatic carbocycles. The van der Waals surface area contributed by atoms with E-state index in [1.165, 1.54) is 0 Å². The molecule has 0 aromatic rings. The Bertz CT molecular complexity index is 775. The monoisotopic (exact) mass is 573 g/mol. The Balaban J connectivity index is 1.84. The minimum absolute atomic E-state index is 0.0143. The van der Waals surface area contributed by atoms with Crippen LogP contribution < -0.4 is 28.3 Å². The Kier molecular flexibility index (Phi) is 11.4. The van der Waals surface area contributed by atoms with Crippen LogP contribution in [0.4, 0.5) is 0 Å². The molecule has 3 rings (SSSR count). The first-order valence-electron chi connectivity index (χ1n) is 12.4. The van der Waals surface area contributed by atoms with Crippen LogP contribution in [0.5, 0.6) is 0 Å². The van der Waals surface area contributed by atoms with Gasteiger partial charge in [-0.2, -0.15) is 0 Å². The molecule has 15 atom stereocenters. The summed E-state index contributed by atoms with van der Waals surface area (Å²) in [6.45, 7) is -0.666. The second-order valence-corrected chi connectivity index (χ2v) is 10.3. The zero-order valence-electron chi connectivity index (χ0n) is 20.6. The van der Waals surface area contributed by atoms with Crippen molar-refractivity contribution in [2.45, 2.75) is 104 Å². The summed E-state index contributed by atoms with van der Waals surface area (Å²) in [5.74, 6) is -0.792. The minimum Gasteiger partial charge on any atom is -0.394 e. The lowest BCUT2D eigenvalue weighted by molar-refractivity contribution is -0.295. The van der Waals surface area contributed by atoms with Crippen molar-refractivity contribution in [1.29, 1.82) is 0 Å². The normalized spacial score (nSPS) is 46.6. The molecule has 38 heavy (non-hydrogen) atoms. The van der Waals surface area contributed by atoms with Gasteiger partial charge in [-0.1, -0.05) is 0 Å². The summed E-state index contributed by atoms with van der Waals surface area (Å²) in [5.41, 5.74) is 23.5. The first-order valence-corrected chi connectivity index (χ1v) is 12.9. The van der Waals surface area contributed by atoms with Gasteiger partial charge in [0.2, 0.25) is 5.91 Å². The third kappa shape index (κ3) is 6.73. The van der Waals surface area contributed by atoms with Gasteiger partial charge in [-0.15, -0.1) is 11.6 Å². The van der Waals surface area contributed by atoms with E-state index >= 15 is 0 Å². The van der Waals surface area contributed by atoms with Gasteiger partial charge in [0.15, 0.2) is 12.6 Å². The van der Waals surface area contributed by atoms with Crippen molar-refractivity contribution in [2.75, 3.05) is 19.7 Å². The lowest BCUT2D eigenvalue weighted by Gasteiger charge is -2.48. The van der Waals surface area contributed by atoms with Crippen molar-refractivity contribution < 1.29 is 54.4 Å². The number of amides is 1. The van der Waals surface area contributed by atoms with Gasteiger partial charge in [0.05, 0.1) is 30.2 Å². The van der Waals surface area contributed by atoms with Gasteiger partial charge in [0.25, 0.3) is 0 Å². The van der Waals surface area contributed by atoms with Crippen molar-refractivity contribution in [3.8, 4) is 0 Å². The third-order valence-electron chi connectivity index (χ3n) is 7.10. The molecule has 1 amide bonds. The minimum atomic E-state index is -1.60. The number of halogens is 1. The summed E-state index contributed by atoms with van der Waals surface area (Å²) >= 11 is 6.26. The van der Waals surface area contributed by atoms with Gasteiger partial charge in [-0.25, -0.2) is 0 Å². The Morgan fingerprint density at radius 1 is 0.974 bits per heavy atom. The van der Waals surface area contributed by atoms with Gasteiger partial charge in [-0.3, -0.25) is 4.79 Å². The molecule has 2 heterocycles. The van der Waals surface area contributed by atoms with E-state index < -0.39 is 104 Å². The quantitative estimate of drug-likeness (QED) is 0.108. The number of carbonyl (C=O) groups is 1. The molecule has 0 radical (unpaired) electrons. The van der Waals surface area contributed by atoms with E-state index in [4.69, 9.17) is 53.5 Å². The van der Waals surface area contributed by atoms with Crippen LogP contribution in [0.1, 0.15) is 12.8 Å². The molecule has 222 valence electrons. The maximum Gasteiger partial charge on any atom is 0.249 e. The molecule has 0 unspecified atom stereocenters. The summed E-state index contributed by atoms with van der Waals surface area (Å²) < 4.78 is 22.9. The second kappa shape index (κ2) is 13.7. The molecule has 2 saturated heterocycles. The van der Waals surface area contributed by atoms with E-state index in [9.17, 15) is 35.4 Å². The number of hydrogen-bond acceptors (Lipinski definition) is 15. The summed E-state index contributed by atoms with van der Waals surface area (Å²) in [6, 6.07) is -3.02. The number of carbonyl (C=O) groups excluding carboxylic acids is 1. The fourth-order valence-electron chi connectivity index (χ4n) is 4.81. The fraction of sp³-hybridized carbons (Fsp3) is 0.952. The van der Waals surface area contributed by atoms with Crippen molar-refractivity contribution in [1.82, 2.24) is 5.32 Å². The number of aliphatic hydroxyl groups is 6.